The number of fused-ring (bicyclic) bond motifs is 1. The number of hydrogen-bond acceptors (Lipinski definition) is 6. The molecule has 2 aromatic carbocycles. The monoisotopic (exact) mass is 348 g/mol. The molecule has 4 rings (SSSR count). The molecule has 7 heteroatoms. The Morgan fingerprint density at radius 1 is 0.680 bits per heavy atom. The Kier molecular flexibility index (Phi) is 3.66. The molecule has 0 aliphatic rings. The van der Waals surface area contributed by atoms with Crippen molar-refractivity contribution in [1.29, 1.82) is 0 Å². The van der Waals surface area contributed by atoms with E-state index in [2.05, 4.69) is 19.9 Å². The number of rotatable bonds is 2. The molecule has 25 heavy (non-hydrogen) atoms. The lowest BCUT2D eigenvalue weighted by atomic mass is 10.1. The van der Waals surface area contributed by atoms with E-state index in [9.17, 15) is 0 Å². The largest absolute Gasteiger partial charge is 0.382 e. The van der Waals surface area contributed by atoms with Crippen LogP contribution in [-0.4, -0.2) is 19.9 Å². The second-order valence-corrected chi connectivity index (χ2v) is 5.87. The van der Waals surface area contributed by atoms with Gasteiger partial charge in [-0.2, -0.15) is 0 Å². The molecule has 4 N–H and O–H groups in total. The summed E-state index contributed by atoms with van der Waals surface area (Å²) in [4.78, 5) is 17.7. The van der Waals surface area contributed by atoms with Crippen molar-refractivity contribution in [2.24, 2.45) is 0 Å². The highest BCUT2D eigenvalue weighted by molar-refractivity contribution is 6.30. The zero-order valence-corrected chi connectivity index (χ0v) is 13.8. The Morgan fingerprint density at radius 2 is 1.40 bits per heavy atom. The van der Waals surface area contributed by atoms with Gasteiger partial charge in [-0.1, -0.05) is 54.1 Å². The minimum absolute atomic E-state index is 0.256. The van der Waals surface area contributed by atoms with Gasteiger partial charge in [0.15, 0.2) is 28.6 Å². The molecule has 0 spiro atoms. The topological polar surface area (TPSA) is 104 Å². The van der Waals surface area contributed by atoms with Gasteiger partial charge in [-0.3, -0.25) is 0 Å². The van der Waals surface area contributed by atoms with E-state index in [-0.39, 0.29) is 11.6 Å². The first-order valence-electron chi connectivity index (χ1n) is 7.54. The van der Waals surface area contributed by atoms with Crippen LogP contribution in [0.15, 0.2) is 54.6 Å². The molecule has 122 valence electrons. The van der Waals surface area contributed by atoms with E-state index in [0.29, 0.717) is 27.7 Å². The summed E-state index contributed by atoms with van der Waals surface area (Å²) in [5.74, 6) is 1.01. The Labute approximate surface area is 148 Å². The Morgan fingerprint density at radius 3 is 2.12 bits per heavy atom. The third-order valence-corrected chi connectivity index (χ3v) is 3.99. The summed E-state index contributed by atoms with van der Waals surface area (Å²) in [6.07, 6.45) is 0. The molecule has 0 aliphatic heterocycles. The predicted octanol–water partition coefficient (Wildman–Crippen LogP) is 3.57. The third kappa shape index (κ3) is 2.83. The van der Waals surface area contributed by atoms with Crippen molar-refractivity contribution in [3.05, 3.63) is 59.6 Å². The molecular weight excluding hydrogens is 336 g/mol. The summed E-state index contributed by atoms with van der Waals surface area (Å²) in [7, 11) is 0. The maximum atomic E-state index is 6.10. The first-order chi connectivity index (χ1) is 12.1. The van der Waals surface area contributed by atoms with Crippen LogP contribution in [0.5, 0.6) is 0 Å². The number of benzene rings is 2. The van der Waals surface area contributed by atoms with Crippen LogP contribution in [0, 0.1) is 0 Å². The first-order valence-corrected chi connectivity index (χ1v) is 7.92. The molecular formula is C18H13ClN6. The van der Waals surface area contributed by atoms with Gasteiger partial charge in [-0.15, -0.1) is 0 Å². The maximum absolute atomic E-state index is 6.10. The van der Waals surface area contributed by atoms with Crippen molar-refractivity contribution in [2.75, 3.05) is 11.5 Å². The molecule has 0 saturated carbocycles. The van der Waals surface area contributed by atoms with Crippen LogP contribution in [0.3, 0.4) is 0 Å². The summed E-state index contributed by atoms with van der Waals surface area (Å²) in [6, 6.07) is 16.7. The standard InChI is InChI=1S/C18H13ClN6/c19-12-8-6-10(7-9-12)13-15(20)24-18-14(22-13)16(21)23-17(25-18)11-4-2-1-3-5-11/h1-9H,(H4,20,21,23,24,25). The van der Waals surface area contributed by atoms with Gasteiger partial charge < -0.3 is 11.5 Å². The molecule has 0 aliphatic carbocycles. The minimum Gasteiger partial charge on any atom is -0.382 e. The lowest BCUT2D eigenvalue weighted by Crippen LogP contribution is -2.05. The zero-order chi connectivity index (χ0) is 17.4. The van der Waals surface area contributed by atoms with Crippen LogP contribution in [0.25, 0.3) is 33.8 Å². The van der Waals surface area contributed by atoms with Crippen LogP contribution in [0.1, 0.15) is 0 Å². The summed E-state index contributed by atoms with van der Waals surface area (Å²) in [6.45, 7) is 0. The molecule has 2 heterocycles. The lowest BCUT2D eigenvalue weighted by molar-refractivity contribution is 1.16. The molecule has 0 fully saturated rings. The van der Waals surface area contributed by atoms with Crippen LogP contribution in [-0.2, 0) is 0 Å². The van der Waals surface area contributed by atoms with E-state index in [1.165, 1.54) is 0 Å². The van der Waals surface area contributed by atoms with Crippen molar-refractivity contribution < 1.29 is 0 Å². The van der Waals surface area contributed by atoms with Crippen LogP contribution in [0.2, 0.25) is 5.02 Å². The highest BCUT2D eigenvalue weighted by atomic mass is 35.5. The summed E-state index contributed by atoms with van der Waals surface area (Å²) in [5.41, 5.74) is 15.1. The summed E-state index contributed by atoms with van der Waals surface area (Å²) >= 11 is 5.93. The lowest BCUT2D eigenvalue weighted by Gasteiger charge is -2.09. The van der Waals surface area contributed by atoms with Gasteiger partial charge in [0, 0.05) is 16.1 Å². The summed E-state index contributed by atoms with van der Waals surface area (Å²) < 4.78 is 0. The fraction of sp³-hybridized carbons (Fsp3) is 0. The van der Waals surface area contributed by atoms with Gasteiger partial charge in [0.1, 0.15) is 5.69 Å². The van der Waals surface area contributed by atoms with Gasteiger partial charge >= 0.3 is 0 Å². The minimum atomic E-state index is 0.256. The smallest absolute Gasteiger partial charge is 0.186 e. The number of nitrogens with zero attached hydrogens (tertiary/aromatic N) is 4. The highest BCUT2D eigenvalue weighted by Gasteiger charge is 2.14. The summed E-state index contributed by atoms with van der Waals surface area (Å²) in [5, 5.41) is 0.631. The van der Waals surface area contributed by atoms with Crippen molar-refractivity contribution in [3.8, 4) is 22.6 Å². The third-order valence-electron chi connectivity index (χ3n) is 3.73. The number of anilines is 2. The molecule has 0 radical (unpaired) electrons. The predicted molar refractivity (Wildman–Crippen MR) is 99.8 cm³/mol. The van der Waals surface area contributed by atoms with E-state index in [0.717, 1.165) is 11.1 Å². The number of hydrogen-bond donors (Lipinski definition) is 2. The zero-order valence-electron chi connectivity index (χ0n) is 13.0. The number of aromatic nitrogens is 4. The quantitative estimate of drug-likeness (QED) is 0.574. The second kappa shape index (κ2) is 5.99. The van der Waals surface area contributed by atoms with Crippen LogP contribution < -0.4 is 11.5 Å². The van der Waals surface area contributed by atoms with E-state index in [4.69, 9.17) is 23.1 Å². The SMILES string of the molecule is Nc1nc2nc(-c3ccccc3)nc(N)c2nc1-c1ccc(Cl)cc1. The van der Waals surface area contributed by atoms with Crippen molar-refractivity contribution in [3.63, 3.8) is 0 Å². The molecule has 4 aromatic rings. The second-order valence-electron chi connectivity index (χ2n) is 5.44. The van der Waals surface area contributed by atoms with Crippen LogP contribution >= 0.6 is 11.6 Å². The van der Waals surface area contributed by atoms with Crippen LogP contribution in [0.4, 0.5) is 11.6 Å². The van der Waals surface area contributed by atoms with Crippen molar-refractivity contribution in [1.82, 2.24) is 19.9 Å². The highest BCUT2D eigenvalue weighted by Crippen LogP contribution is 2.28. The normalized spacial score (nSPS) is 10.9. The van der Waals surface area contributed by atoms with E-state index < -0.39 is 0 Å². The van der Waals surface area contributed by atoms with E-state index in [1.807, 2.05) is 42.5 Å². The first kappa shape index (κ1) is 15.3. The van der Waals surface area contributed by atoms with Crippen molar-refractivity contribution >= 4 is 34.4 Å². The van der Waals surface area contributed by atoms with Gasteiger partial charge in [-0.05, 0) is 12.1 Å². The Hall–Kier alpha value is -3.25. The number of nitrogen functional groups attached to an aromatic ring is 2. The van der Waals surface area contributed by atoms with E-state index in [1.54, 1.807) is 12.1 Å². The molecule has 6 nitrogen and oxygen atoms in total. The number of halogens is 1. The molecule has 0 bridgehead atoms. The average molecular weight is 349 g/mol. The fourth-order valence-corrected chi connectivity index (χ4v) is 2.64. The number of nitrogens with two attached hydrogens (primary N) is 2. The van der Waals surface area contributed by atoms with Gasteiger partial charge in [-0.25, -0.2) is 19.9 Å². The average Bonchev–Trinajstić information content (AvgIpc) is 2.63. The Bertz CT molecular complexity index is 1060. The van der Waals surface area contributed by atoms with Gasteiger partial charge in [0.2, 0.25) is 0 Å². The molecule has 0 amide bonds. The Balaban J connectivity index is 1.89. The molecule has 2 aromatic heterocycles. The van der Waals surface area contributed by atoms with E-state index >= 15 is 0 Å². The molecule has 0 atom stereocenters. The molecule has 0 saturated heterocycles. The fourth-order valence-electron chi connectivity index (χ4n) is 2.52. The molecule has 0 unspecified atom stereocenters. The van der Waals surface area contributed by atoms with Crippen molar-refractivity contribution in [2.45, 2.75) is 0 Å². The maximum Gasteiger partial charge on any atom is 0.186 e. The van der Waals surface area contributed by atoms with Gasteiger partial charge in [0.05, 0.1) is 0 Å². The van der Waals surface area contributed by atoms with Gasteiger partial charge in [0.25, 0.3) is 0 Å².